The molecule has 0 saturated carbocycles. The van der Waals surface area contributed by atoms with Crippen LogP contribution in [0, 0.1) is 6.92 Å². The molecule has 1 heterocycles. The van der Waals surface area contributed by atoms with Crippen LogP contribution in [0.4, 0.5) is 0 Å². The Balaban J connectivity index is 1.57. The van der Waals surface area contributed by atoms with E-state index in [9.17, 15) is 13.2 Å². The first-order valence-corrected chi connectivity index (χ1v) is 14.9. The minimum atomic E-state index is -3.83. The fourth-order valence-corrected chi connectivity index (χ4v) is 6.73. The van der Waals surface area contributed by atoms with Gasteiger partial charge in [0.2, 0.25) is 10.0 Å². The minimum absolute atomic E-state index is 0.188. The van der Waals surface area contributed by atoms with Gasteiger partial charge in [0.05, 0.1) is 49.5 Å². The van der Waals surface area contributed by atoms with Gasteiger partial charge in [0.25, 0.3) is 0 Å². The van der Waals surface area contributed by atoms with E-state index < -0.39 is 22.1 Å². The predicted molar refractivity (Wildman–Crippen MR) is 149 cm³/mol. The molecule has 1 saturated heterocycles. The van der Waals surface area contributed by atoms with Crippen molar-refractivity contribution in [2.75, 3.05) is 13.2 Å². The maximum absolute atomic E-state index is 13.9. The second kappa shape index (κ2) is 13.8. The molecule has 7 nitrogen and oxygen atoms in total. The van der Waals surface area contributed by atoms with Gasteiger partial charge in [-0.25, -0.2) is 8.42 Å². The number of sulfonamides is 1. The topological polar surface area (TPSA) is 82.1 Å². The van der Waals surface area contributed by atoms with Crippen LogP contribution in [0.3, 0.4) is 0 Å². The second-order valence-electron chi connectivity index (χ2n) is 9.74. The maximum atomic E-state index is 13.9. The van der Waals surface area contributed by atoms with Crippen molar-refractivity contribution in [2.45, 2.75) is 69.4 Å². The SMILES string of the molecule is CCOC(=O)CCC[C@H]1[C@@H](OCc2ccccc2)[C@H](COCc2ccccc2)N1S(=O)(=O)c1ccc(C)cc1. The van der Waals surface area contributed by atoms with Crippen LogP contribution in [0.5, 0.6) is 0 Å². The number of ether oxygens (including phenoxy) is 3. The van der Waals surface area contributed by atoms with E-state index in [1.807, 2.05) is 67.6 Å². The zero-order valence-corrected chi connectivity index (χ0v) is 23.4. The zero-order valence-electron chi connectivity index (χ0n) is 22.6. The number of esters is 1. The Bertz CT molecular complexity index is 1280. The Morgan fingerprint density at radius 1 is 0.846 bits per heavy atom. The van der Waals surface area contributed by atoms with Crippen molar-refractivity contribution in [3.8, 4) is 0 Å². The Morgan fingerprint density at radius 2 is 1.46 bits per heavy atom. The molecule has 0 unspecified atom stereocenters. The molecular weight excluding hydrogens is 514 g/mol. The number of benzene rings is 3. The first-order valence-electron chi connectivity index (χ1n) is 13.4. The molecule has 0 aliphatic carbocycles. The summed E-state index contributed by atoms with van der Waals surface area (Å²) in [6.45, 7) is 4.93. The molecule has 1 aliphatic rings. The van der Waals surface area contributed by atoms with Crippen LogP contribution in [-0.2, 0) is 42.2 Å². The van der Waals surface area contributed by atoms with Gasteiger partial charge in [-0.3, -0.25) is 4.79 Å². The largest absolute Gasteiger partial charge is 0.466 e. The van der Waals surface area contributed by atoms with Crippen molar-refractivity contribution in [1.29, 1.82) is 0 Å². The van der Waals surface area contributed by atoms with E-state index in [1.54, 1.807) is 31.2 Å². The fraction of sp³-hybridized carbons (Fsp3) is 0.387. The minimum Gasteiger partial charge on any atom is -0.466 e. The Morgan fingerprint density at radius 3 is 2.08 bits per heavy atom. The Labute approximate surface area is 231 Å². The molecule has 8 heteroatoms. The molecule has 0 amide bonds. The number of aryl methyl sites for hydroxylation is 1. The van der Waals surface area contributed by atoms with E-state index in [1.165, 1.54) is 4.31 Å². The van der Waals surface area contributed by atoms with Crippen molar-refractivity contribution in [3.63, 3.8) is 0 Å². The molecule has 0 spiro atoms. The van der Waals surface area contributed by atoms with Crippen molar-refractivity contribution < 1.29 is 27.4 Å². The quantitative estimate of drug-likeness (QED) is 0.254. The zero-order chi connectivity index (χ0) is 27.7. The van der Waals surface area contributed by atoms with Crippen molar-refractivity contribution >= 4 is 16.0 Å². The number of hydrogen-bond acceptors (Lipinski definition) is 6. The molecule has 208 valence electrons. The van der Waals surface area contributed by atoms with Gasteiger partial charge in [-0.2, -0.15) is 4.31 Å². The predicted octanol–water partition coefficient (Wildman–Crippen LogP) is 5.27. The molecule has 0 bridgehead atoms. The van der Waals surface area contributed by atoms with E-state index >= 15 is 0 Å². The van der Waals surface area contributed by atoms with Gasteiger partial charge in [0, 0.05) is 6.42 Å². The number of hydrogen-bond donors (Lipinski definition) is 0. The number of nitrogens with zero attached hydrogens (tertiary/aromatic N) is 1. The van der Waals surface area contributed by atoms with Crippen molar-refractivity contribution in [3.05, 3.63) is 102 Å². The third kappa shape index (κ3) is 7.54. The summed E-state index contributed by atoms with van der Waals surface area (Å²) in [6.07, 6.45) is 0.803. The van der Waals surface area contributed by atoms with E-state index in [0.29, 0.717) is 32.7 Å². The highest BCUT2D eigenvalue weighted by Crippen LogP contribution is 2.39. The van der Waals surface area contributed by atoms with Crippen LogP contribution in [0.25, 0.3) is 0 Å². The highest BCUT2D eigenvalue weighted by Gasteiger charge is 2.55. The van der Waals surface area contributed by atoms with Gasteiger partial charge >= 0.3 is 5.97 Å². The molecule has 39 heavy (non-hydrogen) atoms. The van der Waals surface area contributed by atoms with E-state index in [2.05, 4.69) is 0 Å². The third-order valence-corrected chi connectivity index (χ3v) is 8.84. The van der Waals surface area contributed by atoms with Crippen LogP contribution in [0.15, 0.2) is 89.8 Å². The van der Waals surface area contributed by atoms with Gasteiger partial charge in [-0.1, -0.05) is 78.4 Å². The first kappa shape index (κ1) is 29.0. The molecular formula is C31H37NO6S. The monoisotopic (exact) mass is 551 g/mol. The molecule has 3 aromatic rings. The molecule has 1 fully saturated rings. The van der Waals surface area contributed by atoms with Gasteiger partial charge in [-0.15, -0.1) is 0 Å². The molecule has 0 aromatic heterocycles. The lowest BCUT2D eigenvalue weighted by molar-refractivity contribution is -0.147. The van der Waals surface area contributed by atoms with Gasteiger partial charge < -0.3 is 14.2 Å². The summed E-state index contributed by atoms with van der Waals surface area (Å²) in [5.41, 5.74) is 3.00. The normalized spacial score (nSPS) is 19.4. The average Bonchev–Trinajstić information content (AvgIpc) is 2.93. The van der Waals surface area contributed by atoms with Crippen molar-refractivity contribution in [1.82, 2.24) is 4.31 Å². The van der Waals surface area contributed by atoms with Gasteiger partial charge in [0.15, 0.2) is 0 Å². The van der Waals surface area contributed by atoms with E-state index in [-0.39, 0.29) is 30.0 Å². The summed E-state index contributed by atoms with van der Waals surface area (Å²) in [4.78, 5) is 12.2. The van der Waals surface area contributed by atoms with Crippen LogP contribution in [0.2, 0.25) is 0 Å². The number of rotatable bonds is 14. The highest BCUT2D eigenvalue weighted by atomic mass is 32.2. The fourth-order valence-electron chi connectivity index (χ4n) is 4.89. The molecule has 4 rings (SSSR count). The van der Waals surface area contributed by atoms with Crippen LogP contribution in [-0.4, -0.2) is 50.1 Å². The summed E-state index contributed by atoms with van der Waals surface area (Å²) in [6, 6.07) is 25.5. The van der Waals surface area contributed by atoms with Crippen molar-refractivity contribution in [2.24, 2.45) is 0 Å². The molecule has 1 aliphatic heterocycles. The lowest BCUT2D eigenvalue weighted by Gasteiger charge is -2.53. The van der Waals surface area contributed by atoms with Gasteiger partial charge in [-0.05, 0) is 49.9 Å². The second-order valence-corrected chi connectivity index (χ2v) is 11.6. The highest BCUT2D eigenvalue weighted by molar-refractivity contribution is 7.89. The molecule has 0 radical (unpaired) electrons. The summed E-state index contributed by atoms with van der Waals surface area (Å²) in [5, 5.41) is 0. The van der Waals surface area contributed by atoms with Gasteiger partial charge in [0.1, 0.15) is 0 Å². The average molecular weight is 552 g/mol. The van der Waals surface area contributed by atoms with E-state index in [4.69, 9.17) is 14.2 Å². The van der Waals surface area contributed by atoms with Crippen LogP contribution < -0.4 is 0 Å². The maximum Gasteiger partial charge on any atom is 0.305 e. The molecule has 0 N–H and O–H groups in total. The van der Waals surface area contributed by atoms with E-state index in [0.717, 1.165) is 16.7 Å². The standard InChI is InChI=1S/C31H37NO6S/c1-3-37-30(33)16-10-15-28-31(38-22-26-13-8-5-9-14-26)29(23-36-21-25-11-6-4-7-12-25)32(28)39(34,35)27-19-17-24(2)18-20-27/h4-9,11-14,17-20,28-29,31H,3,10,15-16,21-23H2,1-2H3/t28-,29-,31+/m0/s1. The number of carbonyl (C=O) groups is 1. The smallest absolute Gasteiger partial charge is 0.305 e. The Hall–Kier alpha value is -3.04. The Kier molecular flexibility index (Phi) is 10.3. The van der Waals surface area contributed by atoms with Crippen LogP contribution in [0.1, 0.15) is 42.9 Å². The first-order chi connectivity index (χ1) is 18.9. The lowest BCUT2D eigenvalue weighted by atomic mass is 9.89. The van der Waals surface area contributed by atoms with Crippen LogP contribution >= 0.6 is 0 Å². The molecule has 3 aromatic carbocycles. The molecule has 3 atom stereocenters. The summed E-state index contributed by atoms with van der Waals surface area (Å²) in [5.74, 6) is -0.283. The summed E-state index contributed by atoms with van der Waals surface area (Å²) >= 11 is 0. The lowest BCUT2D eigenvalue weighted by Crippen LogP contribution is -2.71. The number of carbonyl (C=O) groups excluding carboxylic acids is 1. The summed E-state index contributed by atoms with van der Waals surface area (Å²) in [7, 11) is -3.83. The third-order valence-electron chi connectivity index (χ3n) is 6.88. The summed E-state index contributed by atoms with van der Waals surface area (Å²) < 4.78 is 46.9.